The van der Waals surface area contributed by atoms with E-state index in [0.717, 1.165) is 22.5 Å². The largest absolute Gasteiger partial charge is 0.389 e. The predicted octanol–water partition coefficient (Wildman–Crippen LogP) is 2.63. The highest BCUT2D eigenvalue weighted by Crippen LogP contribution is 2.15. The molecule has 19 heavy (non-hydrogen) atoms. The zero-order chi connectivity index (χ0) is 14.2. The number of nitrogens with two attached hydrogens (primary N) is 1. The molecule has 0 aliphatic heterocycles. The van der Waals surface area contributed by atoms with Gasteiger partial charge >= 0.3 is 0 Å². The van der Waals surface area contributed by atoms with Crippen molar-refractivity contribution in [3.8, 4) is 0 Å². The van der Waals surface area contributed by atoms with Crippen LogP contribution >= 0.6 is 12.2 Å². The van der Waals surface area contributed by atoms with E-state index in [0.29, 0.717) is 12.1 Å². The number of aromatic nitrogens is 2. The van der Waals surface area contributed by atoms with Gasteiger partial charge in [0.05, 0.1) is 12.2 Å². The summed E-state index contributed by atoms with van der Waals surface area (Å²) < 4.78 is 15.4. The van der Waals surface area contributed by atoms with E-state index in [1.54, 1.807) is 6.07 Å². The molecule has 0 unspecified atom stereocenters. The molecule has 0 bridgehead atoms. The van der Waals surface area contributed by atoms with Crippen LogP contribution in [0.15, 0.2) is 18.2 Å². The van der Waals surface area contributed by atoms with Gasteiger partial charge in [-0.3, -0.25) is 4.68 Å². The topological polar surface area (TPSA) is 43.8 Å². The number of halogens is 1. The van der Waals surface area contributed by atoms with Crippen molar-refractivity contribution in [2.24, 2.45) is 5.73 Å². The number of nitrogens with zero attached hydrogens (tertiary/aromatic N) is 2. The first-order chi connectivity index (χ1) is 8.88. The van der Waals surface area contributed by atoms with Crippen LogP contribution in [0.3, 0.4) is 0 Å². The Bertz CT molecular complexity index is 646. The third kappa shape index (κ3) is 2.81. The zero-order valence-corrected chi connectivity index (χ0v) is 12.0. The quantitative estimate of drug-likeness (QED) is 0.877. The smallest absolute Gasteiger partial charge is 0.124 e. The average molecular weight is 277 g/mol. The summed E-state index contributed by atoms with van der Waals surface area (Å²) in [5, 5.41) is 4.44. The SMILES string of the molecule is Cc1nn(Cc2cc(F)cc(C(N)=S)c2)c(C)c1C. The van der Waals surface area contributed by atoms with Gasteiger partial charge in [0.25, 0.3) is 0 Å². The summed E-state index contributed by atoms with van der Waals surface area (Å²) in [6, 6.07) is 4.63. The molecule has 5 heteroatoms. The number of hydrogen-bond acceptors (Lipinski definition) is 2. The Morgan fingerprint density at radius 1 is 1.32 bits per heavy atom. The fourth-order valence-electron chi connectivity index (χ4n) is 2.00. The third-order valence-corrected chi connectivity index (χ3v) is 3.55. The minimum atomic E-state index is -0.335. The van der Waals surface area contributed by atoms with E-state index in [9.17, 15) is 4.39 Å². The Morgan fingerprint density at radius 3 is 2.53 bits per heavy atom. The molecule has 1 aromatic heterocycles. The van der Waals surface area contributed by atoms with Crippen molar-refractivity contribution in [3.05, 3.63) is 52.1 Å². The van der Waals surface area contributed by atoms with E-state index in [1.807, 2.05) is 25.5 Å². The van der Waals surface area contributed by atoms with Crippen LogP contribution in [-0.4, -0.2) is 14.8 Å². The first-order valence-corrected chi connectivity index (χ1v) is 6.39. The number of aryl methyl sites for hydroxylation is 1. The first-order valence-electron chi connectivity index (χ1n) is 5.98. The van der Waals surface area contributed by atoms with Crippen LogP contribution in [0.4, 0.5) is 4.39 Å². The molecule has 3 nitrogen and oxygen atoms in total. The lowest BCUT2D eigenvalue weighted by atomic mass is 10.1. The van der Waals surface area contributed by atoms with Gasteiger partial charge in [-0.1, -0.05) is 12.2 Å². The molecule has 1 heterocycles. The van der Waals surface area contributed by atoms with Crippen LogP contribution < -0.4 is 5.73 Å². The predicted molar refractivity (Wildman–Crippen MR) is 77.8 cm³/mol. The summed E-state index contributed by atoms with van der Waals surface area (Å²) in [6.07, 6.45) is 0. The van der Waals surface area contributed by atoms with Gasteiger partial charge in [0.1, 0.15) is 10.8 Å². The second-order valence-electron chi connectivity index (χ2n) is 4.67. The van der Waals surface area contributed by atoms with Crippen LogP contribution in [-0.2, 0) is 6.54 Å². The Kier molecular flexibility index (Phi) is 3.66. The molecule has 2 aromatic rings. The van der Waals surface area contributed by atoms with Crippen LogP contribution in [0.1, 0.15) is 28.1 Å². The van der Waals surface area contributed by atoms with Gasteiger partial charge < -0.3 is 5.73 Å². The lowest BCUT2D eigenvalue weighted by molar-refractivity contribution is 0.615. The molecule has 2 rings (SSSR count). The molecular weight excluding hydrogens is 261 g/mol. The van der Waals surface area contributed by atoms with E-state index in [1.165, 1.54) is 12.1 Å². The molecule has 2 N–H and O–H groups in total. The van der Waals surface area contributed by atoms with Crippen LogP contribution in [0.2, 0.25) is 0 Å². The molecule has 0 spiro atoms. The minimum Gasteiger partial charge on any atom is -0.389 e. The monoisotopic (exact) mass is 277 g/mol. The van der Waals surface area contributed by atoms with Gasteiger partial charge in [-0.15, -0.1) is 0 Å². The molecule has 0 saturated heterocycles. The van der Waals surface area contributed by atoms with Crippen LogP contribution in [0.5, 0.6) is 0 Å². The Morgan fingerprint density at radius 2 is 2.00 bits per heavy atom. The van der Waals surface area contributed by atoms with Gasteiger partial charge in [0.15, 0.2) is 0 Å². The molecule has 0 amide bonds. The summed E-state index contributed by atoms with van der Waals surface area (Å²) in [5.74, 6) is -0.335. The Labute approximate surface area is 117 Å². The highest BCUT2D eigenvalue weighted by molar-refractivity contribution is 7.80. The second-order valence-corrected chi connectivity index (χ2v) is 5.11. The van der Waals surface area contributed by atoms with Crippen molar-refractivity contribution in [2.45, 2.75) is 27.3 Å². The zero-order valence-electron chi connectivity index (χ0n) is 11.2. The van der Waals surface area contributed by atoms with E-state index in [-0.39, 0.29) is 10.8 Å². The van der Waals surface area contributed by atoms with Crippen LogP contribution in [0.25, 0.3) is 0 Å². The maximum absolute atomic E-state index is 13.5. The first kappa shape index (κ1) is 13.7. The summed E-state index contributed by atoms with van der Waals surface area (Å²) in [5.41, 5.74) is 10.1. The van der Waals surface area contributed by atoms with Crippen molar-refractivity contribution in [2.75, 3.05) is 0 Å². The summed E-state index contributed by atoms with van der Waals surface area (Å²) in [4.78, 5) is 0.199. The average Bonchev–Trinajstić information content (AvgIpc) is 2.56. The highest BCUT2D eigenvalue weighted by Gasteiger charge is 2.09. The molecule has 0 fully saturated rings. The number of thiocarbonyl (C=S) groups is 1. The third-order valence-electron chi connectivity index (χ3n) is 3.32. The van der Waals surface area contributed by atoms with Gasteiger partial charge in [-0.2, -0.15) is 5.10 Å². The van der Waals surface area contributed by atoms with Crippen molar-refractivity contribution in [1.29, 1.82) is 0 Å². The van der Waals surface area contributed by atoms with Crippen molar-refractivity contribution in [1.82, 2.24) is 9.78 Å². The highest BCUT2D eigenvalue weighted by atomic mass is 32.1. The second kappa shape index (κ2) is 5.09. The molecule has 1 aromatic carbocycles. The fourth-order valence-corrected chi connectivity index (χ4v) is 2.12. The molecule has 0 aliphatic carbocycles. The maximum Gasteiger partial charge on any atom is 0.124 e. The molecule has 100 valence electrons. The van der Waals surface area contributed by atoms with E-state index in [4.69, 9.17) is 18.0 Å². The normalized spacial score (nSPS) is 10.7. The lowest BCUT2D eigenvalue weighted by Crippen LogP contribution is -2.11. The maximum atomic E-state index is 13.5. The standard InChI is InChI=1S/C14H16FN3S/c1-8-9(2)17-18(10(8)3)7-11-4-12(14(16)19)6-13(15)5-11/h4-6H,7H2,1-3H3,(H2,16,19). The van der Waals surface area contributed by atoms with Crippen LogP contribution in [0, 0.1) is 26.6 Å². The Hall–Kier alpha value is -1.75. The fraction of sp³-hybridized carbons (Fsp3) is 0.286. The molecule has 0 atom stereocenters. The molecule has 0 aliphatic rings. The lowest BCUT2D eigenvalue weighted by Gasteiger charge is -2.07. The van der Waals surface area contributed by atoms with Crippen molar-refractivity contribution in [3.63, 3.8) is 0 Å². The van der Waals surface area contributed by atoms with E-state index < -0.39 is 0 Å². The molecule has 0 saturated carbocycles. The van der Waals surface area contributed by atoms with Gasteiger partial charge in [0, 0.05) is 11.3 Å². The molecule has 0 radical (unpaired) electrons. The van der Waals surface area contributed by atoms with E-state index >= 15 is 0 Å². The Balaban J connectivity index is 2.38. The van der Waals surface area contributed by atoms with Gasteiger partial charge in [-0.25, -0.2) is 4.39 Å². The summed E-state index contributed by atoms with van der Waals surface area (Å²) >= 11 is 4.89. The van der Waals surface area contributed by atoms with Gasteiger partial charge in [-0.05, 0) is 50.1 Å². The number of benzene rings is 1. The summed E-state index contributed by atoms with van der Waals surface area (Å²) in [7, 11) is 0. The van der Waals surface area contributed by atoms with Crippen molar-refractivity contribution < 1.29 is 4.39 Å². The number of rotatable bonds is 3. The van der Waals surface area contributed by atoms with Crippen molar-refractivity contribution >= 4 is 17.2 Å². The van der Waals surface area contributed by atoms with Gasteiger partial charge in [0.2, 0.25) is 0 Å². The summed E-state index contributed by atoms with van der Waals surface area (Å²) in [6.45, 7) is 6.50. The number of hydrogen-bond donors (Lipinski definition) is 1. The minimum absolute atomic E-state index is 0.199. The van der Waals surface area contributed by atoms with E-state index in [2.05, 4.69) is 5.10 Å². The molecular formula is C14H16FN3S.